The summed E-state index contributed by atoms with van der Waals surface area (Å²) in [6.07, 6.45) is 13.3. The topological polar surface area (TPSA) is 35.5 Å². The third-order valence-corrected chi connectivity index (χ3v) is 5.09. The monoisotopic (exact) mass is 376 g/mol. The molecular weight excluding hydrogens is 336 g/mol. The largest absolute Gasteiger partial charge is 0.494 e. The van der Waals surface area contributed by atoms with Gasteiger partial charge in [-0.25, -0.2) is 0 Å². The lowest BCUT2D eigenvalue weighted by Crippen LogP contribution is -2.14. The van der Waals surface area contributed by atoms with Gasteiger partial charge in [-0.2, -0.15) is 0 Å². The van der Waals surface area contributed by atoms with E-state index < -0.39 is 0 Å². The van der Waals surface area contributed by atoms with Crippen molar-refractivity contribution < 1.29 is 14.3 Å². The standard InChI is InChI=1S/C24H40O3/c1-4-22(3)24(25)27-20-14-12-10-8-6-5-7-9-11-13-19-26-23-17-15-21(2)16-18-23/h15-18,22H,4-14,19-20H2,1-3H3. The summed E-state index contributed by atoms with van der Waals surface area (Å²) < 4.78 is 11.0. The van der Waals surface area contributed by atoms with Gasteiger partial charge in [0.25, 0.3) is 0 Å². The van der Waals surface area contributed by atoms with Crippen LogP contribution in [0.2, 0.25) is 0 Å². The predicted molar refractivity (Wildman–Crippen MR) is 113 cm³/mol. The highest BCUT2D eigenvalue weighted by Crippen LogP contribution is 2.14. The van der Waals surface area contributed by atoms with Crippen LogP contribution < -0.4 is 4.74 Å². The molecule has 0 fully saturated rings. The number of unbranched alkanes of at least 4 members (excludes halogenated alkanes) is 9. The van der Waals surface area contributed by atoms with E-state index >= 15 is 0 Å². The third-order valence-electron chi connectivity index (χ3n) is 5.09. The highest BCUT2D eigenvalue weighted by atomic mass is 16.5. The Hall–Kier alpha value is -1.51. The van der Waals surface area contributed by atoms with Crippen LogP contribution in [-0.4, -0.2) is 19.2 Å². The van der Waals surface area contributed by atoms with Crippen molar-refractivity contribution in [2.45, 2.75) is 91.4 Å². The van der Waals surface area contributed by atoms with E-state index in [9.17, 15) is 4.79 Å². The summed E-state index contributed by atoms with van der Waals surface area (Å²) in [4.78, 5) is 11.5. The van der Waals surface area contributed by atoms with Gasteiger partial charge in [-0.3, -0.25) is 4.79 Å². The highest BCUT2D eigenvalue weighted by molar-refractivity contribution is 5.71. The summed E-state index contributed by atoms with van der Waals surface area (Å²) in [5, 5.41) is 0. The van der Waals surface area contributed by atoms with E-state index in [2.05, 4.69) is 19.1 Å². The zero-order chi connectivity index (χ0) is 19.7. The van der Waals surface area contributed by atoms with Gasteiger partial charge in [0.2, 0.25) is 0 Å². The van der Waals surface area contributed by atoms with Crippen molar-refractivity contribution in [1.82, 2.24) is 0 Å². The zero-order valence-corrected chi connectivity index (χ0v) is 17.8. The van der Waals surface area contributed by atoms with Gasteiger partial charge in [0.1, 0.15) is 5.75 Å². The van der Waals surface area contributed by atoms with E-state index in [1.165, 1.54) is 56.9 Å². The molecule has 27 heavy (non-hydrogen) atoms. The Kier molecular flexibility index (Phi) is 13.5. The normalized spacial score (nSPS) is 12.0. The molecule has 3 heteroatoms. The van der Waals surface area contributed by atoms with Gasteiger partial charge in [0.05, 0.1) is 19.1 Å². The minimum absolute atomic E-state index is 0.0400. The van der Waals surface area contributed by atoms with Crippen LogP contribution in [0.15, 0.2) is 24.3 Å². The van der Waals surface area contributed by atoms with E-state index in [-0.39, 0.29) is 11.9 Å². The molecule has 1 aromatic rings. The lowest BCUT2D eigenvalue weighted by atomic mass is 10.1. The average molecular weight is 377 g/mol. The molecule has 1 atom stereocenters. The van der Waals surface area contributed by atoms with E-state index in [0.29, 0.717) is 6.61 Å². The molecule has 0 bridgehead atoms. The number of aryl methyl sites for hydroxylation is 1. The minimum Gasteiger partial charge on any atom is -0.494 e. The second-order valence-corrected chi connectivity index (χ2v) is 7.67. The Bertz CT molecular complexity index is 481. The molecule has 0 aliphatic rings. The van der Waals surface area contributed by atoms with Crippen molar-refractivity contribution in [3.05, 3.63) is 29.8 Å². The van der Waals surface area contributed by atoms with E-state index in [4.69, 9.17) is 9.47 Å². The lowest BCUT2D eigenvalue weighted by Gasteiger charge is -2.09. The molecule has 0 spiro atoms. The molecule has 0 heterocycles. The molecule has 0 aromatic heterocycles. The number of esters is 1. The average Bonchev–Trinajstić information content (AvgIpc) is 2.68. The van der Waals surface area contributed by atoms with Crippen LogP contribution in [0.25, 0.3) is 0 Å². The number of rotatable bonds is 16. The Labute approximate surface area is 166 Å². The third kappa shape index (κ3) is 12.5. The quantitative estimate of drug-likeness (QED) is 0.233. The summed E-state index contributed by atoms with van der Waals surface area (Å²) in [5.41, 5.74) is 1.27. The fraction of sp³-hybridized carbons (Fsp3) is 0.708. The van der Waals surface area contributed by atoms with Crippen LogP contribution in [0.5, 0.6) is 5.75 Å². The first-order chi connectivity index (χ1) is 13.1. The van der Waals surface area contributed by atoms with Gasteiger partial charge in [0, 0.05) is 0 Å². The van der Waals surface area contributed by atoms with Gasteiger partial charge in [0.15, 0.2) is 0 Å². The van der Waals surface area contributed by atoms with E-state index in [1.807, 2.05) is 26.0 Å². The van der Waals surface area contributed by atoms with E-state index in [1.54, 1.807) is 0 Å². The van der Waals surface area contributed by atoms with Crippen LogP contribution in [-0.2, 0) is 9.53 Å². The number of hydrogen-bond acceptors (Lipinski definition) is 3. The fourth-order valence-electron chi connectivity index (χ4n) is 2.92. The minimum atomic E-state index is -0.0400. The van der Waals surface area contributed by atoms with Crippen molar-refractivity contribution in [3.8, 4) is 5.75 Å². The molecule has 154 valence electrons. The van der Waals surface area contributed by atoms with E-state index in [0.717, 1.165) is 31.6 Å². The summed E-state index contributed by atoms with van der Waals surface area (Å²) in [7, 11) is 0. The van der Waals surface area contributed by atoms with Crippen LogP contribution in [0.4, 0.5) is 0 Å². The van der Waals surface area contributed by atoms with Crippen molar-refractivity contribution in [3.63, 3.8) is 0 Å². The molecule has 3 nitrogen and oxygen atoms in total. The molecule has 0 radical (unpaired) electrons. The summed E-state index contributed by atoms with van der Waals surface area (Å²) in [6.45, 7) is 7.46. The molecule has 0 N–H and O–H groups in total. The first-order valence-corrected chi connectivity index (χ1v) is 11.0. The molecule has 1 rings (SSSR count). The maximum absolute atomic E-state index is 11.5. The molecule has 0 amide bonds. The lowest BCUT2D eigenvalue weighted by molar-refractivity contribution is -0.148. The second kappa shape index (κ2) is 15.5. The molecule has 1 unspecified atom stereocenters. The van der Waals surface area contributed by atoms with Crippen molar-refractivity contribution in [1.29, 1.82) is 0 Å². The number of ether oxygens (including phenoxy) is 2. The Morgan fingerprint density at radius 1 is 0.815 bits per heavy atom. The smallest absolute Gasteiger partial charge is 0.308 e. The Morgan fingerprint density at radius 2 is 1.30 bits per heavy atom. The van der Waals surface area contributed by atoms with Gasteiger partial charge in [-0.05, 0) is 38.3 Å². The van der Waals surface area contributed by atoms with Gasteiger partial charge in [-0.15, -0.1) is 0 Å². The predicted octanol–water partition coefficient (Wildman–Crippen LogP) is 6.86. The summed E-state index contributed by atoms with van der Waals surface area (Å²) in [5.74, 6) is 0.983. The molecule has 0 aliphatic carbocycles. The zero-order valence-electron chi connectivity index (χ0n) is 17.8. The molecule has 0 aliphatic heterocycles. The first-order valence-electron chi connectivity index (χ1n) is 11.0. The molecule has 1 aromatic carbocycles. The van der Waals surface area contributed by atoms with Crippen LogP contribution >= 0.6 is 0 Å². The van der Waals surface area contributed by atoms with Gasteiger partial charge < -0.3 is 9.47 Å². The number of hydrogen-bond donors (Lipinski definition) is 0. The molecule has 0 saturated heterocycles. The first kappa shape index (κ1) is 23.5. The van der Waals surface area contributed by atoms with Gasteiger partial charge >= 0.3 is 5.97 Å². The fourth-order valence-corrected chi connectivity index (χ4v) is 2.92. The van der Waals surface area contributed by atoms with Crippen molar-refractivity contribution in [2.24, 2.45) is 5.92 Å². The van der Waals surface area contributed by atoms with Crippen LogP contribution in [0.1, 0.15) is 90.0 Å². The number of benzene rings is 1. The number of carbonyl (C=O) groups is 1. The Morgan fingerprint density at radius 3 is 1.81 bits per heavy atom. The van der Waals surface area contributed by atoms with Gasteiger partial charge in [-0.1, -0.05) is 82.9 Å². The van der Waals surface area contributed by atoms with Crippen LogP contribution in [0, 0.1) is 12.8 Å². The maximum Gasteiger partial charge on any atom is 0.308 e. The van der Waals surface area contributed by atoms with Crippen molar-refractivity contribution in [2.75, 3.05) is 13.2 Å². The summed E-state index contributed by atoms with van der Waals surface area (Å²) >= 11 is 0. The number of carbonyl (C=O) groups excluding carboxylic acids is 1. The highest BCUT2D eigenvalue weighted by Gasteiger charge is 2.10. The molecular formula is C24H40O3. The van der Waals surface area contributed by atoms with Crippen molar-refractivity contribution >= 4 is 5.97 Å². The summed E-state index contributed by atoms with van der Waals surface area (Å²) in [6, 6.07) is 8.28. The SMILES string of the molecule is CCC(C)C(=O)OCCCCCCCCCCCCOc1ccc(C)cc1. The molecule has 0 saturated carbocycles. The Balaban J connectivity index is 1.79. The van der Waals surface area contributed by atoms with Crippen LogP contribution in [0.3, 0.4) is 0 Å². The second-order valence-electron chi connectivity index (χ2n) is 7.67. The maximum atomic E-state index is 11.5.